The first kappa shape index (κ1) is 13.2. The molecule has 1 aromatic heterocycles. The molecule has 0 saturated heterocycles. The second-order valence-corrected chi connectivity index (χ2v) is 4.47. The van der Waals surface area contributed by atoms with E-state index >= 15 is 0 Å². The maximum atomic E-state index is 10.8. The molecule has 0 aliphatic heterocycles. The van der Waals surface area contributed by atoms with Crippen molar-refractivity contribution in [1.82, 2.24) is 4.98 Å². The topological polar surface area (TPSA) is 80.4 Å². The molecule has 96 valence electrons. The summed E-state index contributed by atoms with van der Waals surface area (Å²) in [6, 6.07) is 10.4. The molecule has 2 rings (SSSR count). The number of nitrogens with zero attached hydrogens (tertiary/aromatic N) is 3. The molecule has 0 unspecified atom stereocenters. The van der Waals surface area contributed by atoms with Crippen LogP contribution in [0.25, 0.3) is 0 Å². The zero-order chi connectivity index (χ0) is 13.7. The summed E-state index contributed by atoms with van der Waals surface area (Å²) in [4.78, 5) is 14.1. The minimum absolute atomic E-state index is 0.110. The molecular weight excluding hydrogens is 312 g/mol. The molecule has 1 aromatic carbocycles. The number of rotatable bonds is 4. The van der Waals surface area contributed by atoms with Crippen LogP contribution in [0.3, 0.4) is 0 Å². The van der Waals surface area contributed by atoms with Crippen LogP contribution in [0.4, 0.5) is 11.5 Å². The summed E-state index contributed by atoms with van der Waals surface area (Å²) in [5, 5.41) is 14.7. The molecule has 0 fully saturated rings. The lowest BCUT2D eigenvalue weighted by atomic mass is 10.2. The summed E-state index contributed by atoms with van der Waals surface area (Å²) >= 11 is 3.35. The highest BCUT2D eigenvalue weighted by molar-refractivity contribution is 9.10. The molecule has 0 atom stereocenters. The van der Waals surface area contributed by atoms with Crippen molar-refractivity contribution in [2.24, 2.45) is 5.10 Å². The van der Waals surface area contributed by atoms with E-state index in [0.29, 0.717) is 0 Å². The summed E-state index contributed by atoms with van der Waals surface area (Å²) in [5.41, 5.74) is 3.31. The van der Waals surface area contributed by atoms with E-state index in [0.717, 1.165) is 10.0 Å². The highest BCUT2D eigenvalue weighted by Crippen LogP contribution is 2.20. The fourth-order valence-corrected chi connectivity index (χ4v) is 1.80. The van der Waals surface area contributed by atoms with Crippen LogP contribution < -0.4 is 5.43 Å². The standard InChI is InChI=1S/C12H9BrN4O2/c13-10-4-1-3-9(7-10)8-15-16-12-11(17(18)19)5-2-6-14-12/h1-8H,(H,14,16)/b15-8-. The zero-order valence-electron chi connectivity index (χ0n) is 9.65. The van der Waals surface area contributed by atoms with Gasteiger partial charge in [-0.25, -0.2) is 4.98 Å². The van der Waals surface area contributed by atoms with Gasteiger partial charge in [-0.05, 0) is 23.8 Å². The molecule has 1 heterocycles. The molecule has 0 saturated carbocycles. The Bertz CT molecular complexity index is 631. The van der Waals surface area contributed by atoms with Crippen LogP contribution in [-0.4, -0.2) is 16.1 Å². The monoisotopic (exact) mass is 320 g/mol. The maximum absolute atomic E-state index is 10.8. The Kier molecular flexibility index (Phi) is 4.19. The number of hydrogen-bond acceptors (Lipinski definition) is 5. The van der Waals surface area contributed by atoms with E-state index in [1.54, 1.807) is 6.21 Å². The van der Waals surface area contributed by atoms with Crippen LogP contribution in [0.15, 0.2) is 52.2 Å². The predicted octanol–water partition coefficient (Wildman–Crippen LogP) is 3.20. The quantitative estimate of drug-likeness (QED) is 0.533. The third kappa shape index (κ3) is 3.59. The van der Waals surface area contributed by atoms with Crippen molar-refractivity contribution in [2.45, 2.75) is 0 Å². The van der Waals surface area contributed by atoms with Crippen LogP contribution in [0.1, 0.15) is 5.56 Å². The average Bonchev–Trinajstić information content (AvgIpc) is 2.39. The number of pyridine rings is 1. The fourth-order valence-electron chi connectivity index (χ4n) is 1.39. The van der Waals surface area contributed by atoms with Gasteiger partial charge in [-0.15, -0.1) is 0 Å². The second kappa shape index (κ2) is 6.05. The van der Waals surface area contributed by atoms with Gasteiger partial charge in [-0.3, -0.25) is 15.5 Å². The first-order valence-corrected chi connectivity index (χ1v) is 6.10. The molecule has 2 aromatic rings. The summed E-state index contributed by atoms with van der Waals surface area (Å²) in [6.07, 6.45) is 3.02. The van der Waals surface area contributed by atoms with Gasteiger partial charge in [0, 0.05) is 16.7 Å². The maximum Gasteiger partial charge on any atom is 0.313 e. The Morgan fingerprint density at radius 2 is 2.21 bits per heavy atom. The van der Waals surface area contributed by atoms with E-state index < -0.39 is 4.92 Å². The van der Waals surface area contributed by atoms with E-state index in [-0.39, 0.29) is 11.5 Å². The van der Waals surface area contributed by atoms with Crippen molar-refractivity contribution >= 4 is 33.6 Å². The van der Waals surface area contributed by atoms with Gasteiger partial charge in [0.15, 0.2) is 0 Å². The Balaban J connectivity index is 2.13. The Morgan fingerprint density at radius 1 is 1.37 bits per heavy atom. The minimum Gasteiger partial charge on any atom is -0.258 e. The number of hydrazone groups is 1. The molecule has 6 nitrogen and oxygen atoms in total. The van der Waals surface area contributed by atoms with E-state index in [9.17, 15) is 10.1 Å². The predicted molar refractivity (Wildman–Crippen MR) is 76.3 cm³/mol. The van der Waals surface area contributed by atoms with Gasteiger partial charge in [-0.2, -0.15) is 5.10 Å². The lowest BCUT2D eigenvalue weighted by Crippen LogP contribution is -1.98. The number of anilines is 1. The first-order chi connectivity index (χ1) is 9.16. The molecule has 0 aliphatic carbocycles. The van der Waals surface area contributed by atoms with Crippen LogP contribution in [-0.2, 0) is 0 Å². The normalized spacial score (nSPS) is 10.6. The van der Waals surface area contributed by atoms with Gasteiger partial charge in [0.05, 0.1) is 11.1 Å². The second-order valence-electron chi connectivity index (χ2n) is 3.55. The number of benzene rings is 1. The number of aromatic nitrogens is 1. The van der Waals surface area contributed by atoms with Crippen molar-refractivity contribution in [3.05, 3.63) is 62.7 Å². The van der Waals surface area contributed by atoms with Crippen molar-refractivity contribution in [3.63, 3.8) is 0 Å². The fraction of sp³-hybridized carbons (Fsp3) is 0. The molecule has 0 amide bonds. The van der Waals surface area contributed by atoms with Crippen molar-refractivity contribution in [2.75, 3.05) is 5.43 Å². The van der Waals surface area contributed by atoms with Crippen LogP contribution >= 0.6 is 15.9 Å². The Hall–Kier alpha value is -2.28. The number of hydrogen-bond donors (Lipinski definition) is 1. The Labute approximate surface area is 117 Å². The summed E-state index contributed by atoms with van der Waals surface area (Å²) in [6.45, 7) is 0. The minimum atomic E-state index is -0.510. The highest BCUT2D eigenvalue weighted by atomic mass is 79.9. The lowest BCUT2D eigenvalue weighted by molar-refractivity contribution is -0.384. The largest absolute Gasteiger partial charge is 0.313 e. The van der Waals surface area contributed by atoms with Gasteiger partial charge >= 0.3 is 5.69 Å². The van der Waals surface area contributed by atoms with Crippen LogP contribution in [0.5, 0.6) is 0 Å². The van der Waals surface area contributed by atoms with Gasteiger partial charge in [-0.1, -0.05) is 28.1 Å². The zero-order valence-corrected chi connectivity index (χ0v) is 11.2. The molecule has 19 heavy (non-hydrogen) atoms. The summed E-state index contributed by atoms with van der Waals surface area (Å²) < 4.78 is 0.931. The molecular formula is C12H9BrN4O2. The van der Waals surface area contributed by atoms with Gasteiger partial charge in [0.2, 0.25) is 5.82 Å². The van der Waals surface area contributed by atoms with Crippen LogP contribution in [0, 0.1) is 10.1 Å². The van der Waals surface area contributed by atoms with E-state index in [2.05, 4.69) is 31.4 Å². The van der Waals surface area contributed by atoms with E-state index in [4.69, 9.17) is 0 Å². The molecule has 1 N–H and O–H groups in total. The molecule has 0 aliphatic rings. The molecule has 0 radical (unpaired) electrons. The number of nitro groups is 1. The van der Waals surface area contributed by atoms with Gasteiger partial charge < -0.3 is 0 Å². The lowest BCUT2D eigenvalue weighted by Gasteiger charge is -2.00. The smallest absolute Gasteiger partial charge is 0.258 e. The Morgan fingerprint density at radius 3 is 2.95 bits per heavy atom. The third-order valence-corrected chi connectivity index (χ3v) is 2.71. The molecule has 0 spiro atoms. The van der Waals surface area contributed by atoms with Crippen molar-refractivity contribution in [3.8, 4) is 0 Å². The van der Waals surface area contributed by atoms with E-state index in [1.807, 2.05) is 24.3 Å². The third-order valence-electron chi connectivity index (χ3n) is 2.22. The van der Waals surface area contributed by atoms with Gasteiger partial charge in [0.25, 0.3) is 0 Å². The number of nitrogens with one attached hydrogen (secondary N) is 1. The average molecular weight is 321 g/mol. The van der Waals surface area contributed by atoms with Crippen molar-refractivity contribution < 1.29 is 4.92 Å². The number of halogens is 1. The van der Waals surface area contributed by atoms with Gasteiger partial charge in [0.1, 0.15) is 0 Å². The SMILES string of the molecule is O=[N+]([O-])c1cccnc1N/N=C\c1cccc(Br)c1. The van der Waals surface area contributed by atoms with E-state index in [1.165, 1.54) is 18.3 Å². The first-order valence-electron chi connectivity index (χ1n) is 5.31. The summed E-state index contributed by atoms with van der Waals surface area (Å²) in [7, 11) is 0. The van der Waals surface area contributed by atoms with Crippen LogP contribution in [0.2, 0.25) is 0 Å². The highest BCUT2D eigenvalue weighted by Gasteiger charge is 2.12. The molecule has 7 heteroatoms. The summed E-state index contributed by atoms with van der Waals surface area (Å²) in [5.74, 6) is 0.110. The van der Waals surface area contributed by atoms with Crippen molar-refractivity contribution in [1.29, 1.82) is 0 Å². The molecule has 0 bridgehead atoms.